The molecule has 0 amide bonds. The molecular formula is C7H16Ag. The zero-order valence-electron chi connectivity index (χ0n) is 5.84. The van der Waals surface area contributed by atoms with E-state index in [0.29, 0.717) is 0 Å². The summed E-state index contributed by atoms with van der Waals surface area (Å²) in [6.07, 6.45) is 7.01. The molecule has 0 aromatic carbocycles. The van der Waals surface area contributed by atoms with Gasteiger partial charge in [-0.05, 0) is 0 Å². The zero-order chi connectivity index (χ0) is 5.54. The van der Waals surface area contributed by atoms with Crippen LogP contribution in [0.2, 0.25) is 0 Å². The standard InChI is InChI=1S/C7H16.Ag/c1-3-5-7-6-4-2;/h3-7H2,1-2H3;. The van der Waals surface area contributed by atoms with Crippen molar-refractivity contribution in [2.75, 3.05) is 0 Å². The molecule has 0 saturated heterocycles. The maximum absolute atomic E-state index is 2.25. The van der Waals surface area contributed by atoms with Gasteiger partial charge in [0, 0.05) is 22.4 Å². The predicted molar refractivity (Wildman–Crippen MR) is 34.4 cm³/mol. The van der Waals surface area contributed by atoms with Gasteiger partial charge in [-0.1, -0.05) is 46.0 Å². The molecule has 0 unspecified atom stereocenters. The van der Waals surface area contributed by atoms with Crippen LogP contribution in [0.3, 0.4) is 0 Å². The first-order chi connectivity index (χ1) is 3.41. The molecule has 0 aromatic rings. The Labute approximate surface area is 68.6 Å². The molecule has 0 aliphatic heterocycles. The molecule has 0 aromatic heterocycles. The monoisotopic (exact) mass is 207 g/mol. The van der Waals surface area contributed by atoms with Crippen molar-refractivity contribution in [2.24, 2.45) is 0 Å². The fraction of sp³-hybridized carbons (Fsp3) is 1.00. The third kappa shape index (κ3) is 9.88. The van der Waals surface area contributed by atoms with Crippen molar-refractivity contribution in [1.82, 2.24) is 0 Å². The van der Waals surface area contributed by atoms with Crippen LogP contribution in [0, 0.1) is 0 Å². The van der Waals surface area contributed by atoms with Crippen LogP contribution < -0.4 is 0 Å². The van der Waals surface area contributed by atoms with Crippen LogP contribution in [0.1, 0.15) is 46.0 Å². The first-order valence-corrected chi connectivity index (χ1v) is 3.41. The number of unbranched alkanes of at least 4 members (excludes halogenated alkanes) is 4. The van der Waals surface area contributed by atoms with E-state index in [1.165, 1.54) is 32.1 Å². The second-order valence-corrected chi connectivity index (χ2v) is 2.06. The Morgan fingerprint density at radius 3 is 1.38 bits per heavy atom. The Morgan fingerprint density at radius 2 is 1.12 bits per heavy atom. The van der Waals surface area contributed by atoms with Crippen LogP contribution in [0.15, 0.2) is 0 Å². The van der Waals surface area contributed by atoms with Gasteiger partial charge in [-0.25, -0.2) is 0 Å². The van der Waals surface area contributed by atoms with Crippen LogP contribution >= 0.6 is 0 Å². The van der Waals surface area contributed by atoms with Crippen molar-refractivity contribution >= 4 is 0 Å². The Hall–Kier alpha value is 0.740. The van der Waals surface area contributed by atoms with E-state index in [2.05, 4.69) is 13.8 Å². The smallest absolute Gasteiger partial charge is 0 e. The van der Waals surface area contributed by atoms with Gasteiger partial charge >= 0.3 is 0 Å². The molecule has 0 nitrogen and oxygen atoms in total. The molecule has 8 heavy (non-hydrogen) atoms. The summed E-state index contributed by atoms with van der Waals surface area (Å²) in [5.74, 6) is 0. The molecule has 1 radical (unpaired) electrons. The summed E-state index contributed by atoms with van der Waals surface area (Å²) in [5.41, 5.74) is 0. The molecule has 0 bridgehead atoms. The minimum absolute atomic E-state index is 0. The normalized spacial score (nSPS) is 8.25. The minimum Gasteiger partial charge on any atom is -0.0654 e. The van der Waals surface area contributed by atoms with Crippen molar-refractivity contribution in [3.63, 3.8) is 0 Å². The Balaban J connectivity index is 0. The van der Waals surface area contributed by atoms with E-state index in [1.54, 1.807) is 0 Å². The van der Waals surface area contributed by atoms with Gasteiger partial charge in [0.1, 0.15) is 0 Å². The zero-order valence-corrected chi connectivity index (χ0v) is 7.32. The van der Waals surface area contributed by atoms with Crippen molar-refractivity contribution in [1.29, 1.82) is 0 Å². The molecule has 0 spiro atoms. The minimum atomic E-state index is 0. The largest absolute Gasteiger partial charge is 0.0654 e. The van der Waals surface area contributed by atoms with Crippen LogP contribution in [-0.2, 0) is 22.4 Å². The quantitative estimate of drug-likeness (QED) is 0.492. The average Bonchev–Trinajstić information content (AvgIpc) is 1.69. The predicted octanol–water partition coefficient (Wildman–Crippen LogP) is 2.97. The third-order valence-corrected chi connectivity index (χ3v) is 1.21. The van der Waals surface area contributed by atoms with Crippen molar-refractivity contribution < 1.29 is 22.4 Å². The summed E-state index contributed by atoms with van der Waals surface area (Å²) in [5, 5.41) is 0. The van der Waals surface area contributed by atoms with Gasteiger partial charge in [-0.2, -0.15) is 0 Å². The third-order valence-electron chi connectivity index (χ3n) is 1.21. The summed E-state index contributed by atoms with van der Waals surface area (Å²) in [4.78, 5) is 0. The number of hydrogen-bond acceptors (Lipinski definition) is 0. The average molecular weight is 208 g/mol. The Morgan fingerprint density at radius 1 is 0.750 bits per heavy atom. The van der Waals surface area contributed by atoms with Gasteiger partial charge in [0.15, 0.2) is 0 Å². The fourth-order valence-corrected chi connectivity index (χ4v) is 0.677. The van der Waals surface area contributed by atoms with Gasteiger partial charge in [0.25, 0.3) is 0 Å². The fourth-order valence-electron chi connectivity index (χ4n) is 0.677. The molecule has 0 fully saturated rings. The molecule has 0 rings (SSSR count). The van der Waals surface area contributed by atoms with E-state index < -0.39 is 0 Å². The second-order valence-electron chi connectivity index (χ2n) is 2.06. The van der Waals surface area contributed by atoms with E-state index in [0.717, 1.165) is 0 Å². The molecule has 0 aliphatic carbocycles. The van der Waals surface area contributed by atoms with Gasteiger partial charge in [0.2, 0.25) is 0 Å². The van der Waals surface area contributed by atoms with Crippen LogP contribution in [0.5, 0.6) is 0 Å². The summed E-state index contributed by atoms with van der Waals surface area (Å²) < 4.78 is 0. The van der Waals surface area contributed by atoms with Gasteiger partial charge in [-0.3, -0.25) is 0 Å². The van der Waals surface area contributed by atoms with E-state index in [1.807, 2.05) is 0 Å². The molecule has 0 heterocycles. The van der Waals surface area contributed by atoms with Crippen molar-refractivity contribution in [3.8, 4) is 0 Å². The van der Waals surface area contributed by atoms with Crippen molar-refractivity contribution in [2.45, 2.75) is 46.0 Å². The molecule has 0 aliphatic rings. The first-order valence-electron chi connectivity index (χ1n) is 3.41. The molecule has 55 valence electrons. The van der Waals surface area contributed by atoms with E-state index >= 15 is 0 Å². The Kier molecular flexibility index (Phi) is 15.4. The summed E-state index contributed by atoms with van der Waals surface area (Å²) in [6, 6.07) is 0. The molecule has 0 N–H and O–H groups in total. The van der Waals surface area contributed by atoms with Gasteiger partial charge < -0.3 is 0 Å². The summed E-state index contributed by atoms with van der Waals surface area (Å²) in [6.45, 7) is 4.49. The summed E-state index contributed by atoms with van der Waals surface area (Å²) >= 11 is 0. The summed E-state index contributed by atoms with van der Waals surface area (Å²) in [7, 11) is 0. The SMILES string of the molecule is CCCCCCC.[Ag]. The Bertz CT molecular complexity index is 23.6. The molecule has 0 atom stereocenters. The molecule has 0 saturated carbocycles. The van der Waals surface area contributed by atoms with Crippen LogP contribution in [0.4, 0.5) is 0 Å². The van der Waals surface area contributed by atoms with Crippen molar-refractivity contribution in [3.05, 3.63) is 0 Å². The van der Waals surface area contributed by atoms with E-state index in [-0.39, 0.29) is 22.4 Å². The van der Waals surface area contributed by atoms with E-state index in [9.17, 15) is 0 Å². The van der Waals surface area contributed by atoms with E-state index in [4.69, 9.17) is 0 Å². The number of rotatable bonds is 4. The first kappa shape index (κ1) is 11.5. The maximum atomic E-state index is 2.25. The number of hydrogen-bond donors (Lipinski definition) is 0. The van der Waals surface area contributed by atoms with Gasteiger partial charge in [0.05, 0.1) is 0 Å². The van der Waals surface area contributed by atoms with Crippen LogP contribution in [0.25, 0.3) is 0 Å². The second kappa shape index (κ2) is 10.7. The maximum Gasteiger partial charge on any atom is 0 e. The molecule has 1 heteroatoms. The van der Waals surface area contributed by atoms with Gasteiger partial charge in [-0.15, -0.1) is 0 Å². The van der Waals surface area contributed by atoms with Crippen LogP contribution in [-0.4, -0.2) is 0 Å². The topological polar surface area (TPSA) is 0 Å². The molecular weight excluding hydrogens is 192 g/mol.